The lowest BCUT2D eigenvalue weighted by atomic mass is 10.1. The quantitative estimate of drug-likeness (QED) is 0.567. The minimum atomic E-state index is -0.0520. The molecule has 1 aromatic heterocycles. The number of hydrogen-bond donors (Lipinski definition) is 0. The highest BCUT2D eigenvalue weighted by Gasteiger charge is 2.21. The summed E-state index contributed by atoms with van der Waals surface area (Å²) in [5, 5.41) is 2.02. The van der Waals surface area contributed by atoms with E-state index in [1.165, 1.54) is 0 Å². The molecule has 0 aliphatic rings. The molecule has 0 saturated carbocycles. The van der Waals surface area contributed by atoms with Crippen LogP contribution in [0.15, 0.2) is 66.0 Å². The fourth-order valence-electron chi connectivity index (χ4n) is 2.75. The van der Waals surface area contributed by atoms with Crippen LogP contribution in [0.4, 0.5) is 0 Å². The van der Waals surface area contributed by atoms with Gasteiger partial charge in [-0.05, 0) is 42.1 Å². The second kappa shape index (κ2) is 8.73. The van der Waals surface area contributed by atoms with Crippen LogP contribution in [0.5, 0.6) is 11.5 Å². The third kappa shape index (κ3) is 4.49. The number of ether oxygens (including phenoxy) is 2. The number of amides is 1. The van der Waals surface area contributed by atoms with Gasteiger partial charge in [0, 0.05) is 17.5 Å². The van der Waals surface area contributed by atoms with Crippen molar-refractivity contribution in [1.82, 2.24) is 4.90 Å². The van der Waals surface area contributed by atoms with E-state index in [-0.39, 0.29) is 11.9 Å². The lowest BCUT2D eigenvalue weighted by Gasteiger charge is -2.24. The van der Waals surface area contributed by atoms with Gasteiger partial charge in [0.2, 0.25) is 0 Å². The first-order valence-electron chi connectivity index (χ1n) is 8.75. The van der Waals surface area contributed by atoms with E-state index < -0.39 is 0 Å². The lowest BCUT2D eigenvalue weighted by Crippen LogP contribution is -2.29. The molecule has 0 aliphatic carbocycles. The van der Waals surface area contributed by atoms with Crippen molar-refractivity contribution in [3.05, 3.63) is 82.0 Å². The molecule has 1 unspecified atom stereocenters. The van der Waals surface area contributed by atoms with Crippen LogP contribution in [0.3, 0.4) is 0 Å². The summed E-state index contributed by atoms with van der Waals surface area (Å²) in [4.78, 5) is 15.8. The van der Waals surface area contributed by atoms with E-state index in [1.54, 1.807) is 41.5 Å². The van der Waals surface area contributed by atoms with Gasteiger partial charge in [-0.2, -0.15) is 0 Å². The highest BCUT2D eigenvalue weighted by molar-refractivity contribution is 7.10. The number of carbonyl (C=O) groups is 1. The molecule has 0 aliphatic heterocycles. The number of thiophene rings is 1. The normalized spacial score (nSPS) is 11.7. The molecule has 4 nitrogen and oxygen atoms in total. The Morgan fingerprint density at radius 1 is 1.07 bits per heavy atom. The van der Waals surface area contributed by atoms with Crippen molar-refractivity contribution in [3.63, 3.8) is 0 Å². The largest absolute Gasteiger partial charge is 0.493 e. The maximum Gasteiger partial charge on any atom is 0.254 e. The van der Waals surface area contributed by atoms with Crippen molar-refractivity contribution in [2.24, 2.45) is 0 Å². The van der Waals surface area contributed by atoms with E-state index in [0.717, 1.165) is 10.4 Å². The van der Waals surface area contributed by atoms with Gasteiger partial charge in [-0.25, -0.2) is 0 Å². The lowest BCUT2D eigenvalue weighted by molar-refractivity contribution is 0.0744. The van der Waals surface area contributed by atoms with Crippen molar-refractivity contribution in [2.75, 3.05) is 14.2 Å². The minimum Gasteiger partial charge on any atom is -0.493 e. The second-order valence-corrected chi connectivity index (χ2v) is 7.23. The van der Waals surface area contributed by atoms with Gasteiger partial charge in [0.15, 0.2) is 11.5 Å². The topological polar surface area (TPSA) is 38.8 Å². The monoisotopic (exact) mass is 381 g/mol. The first kappa shape index (κ1) is 19.0. The van der Waals surface area contributed by atoms with Crippen molar-refractivity contribution >= 4 is 17.2 Å². The molecule has 0 bridgehead atoms. The Hall–Kier alpha value is -2.79. The van der Waals surface area contributed by atoms with Crippen molar-refractivity contribution in [2.45, 2.75) is 19.6 Å². The number of nitrogens with zero attached hydrogens (tertiary/aromatic N) is 1. The van der Waals surface area contributed by atoms with Crippen LogP contribution in [-0.2, 0) is 6.61 Å². The molecule has 140 valence electrons. The minimum absolute atomic E-state index is 0.0116. The number of hydrogen-bond acceptors (Lipinski definition) is 4. The molecule has 5 heteroatoms. The number of benzene rings is 2. The first-order valence-corrected chi connectivity index (χ1v) is 9.63. The second-order valence-electron chi connectivity index (χ2n) is 6.25. The van der Waals surface area contributed by atoms with Crippen LogP contribution in [0.2, 0.25) is 0 Å². The van der Waals surface area contributed by atoms with Gasteiger partial charge < -0.3 is 14.4 Å². The van der Waals surface area contributed by atoms with Crippen LogP contribution >= 0.6 is 11.3 Å². The first-order chi connectivity index (χ1) is 13.1. The van der Waals surface area contributed by atoms with Crippen molar-refractivity contribution in [3.8, 4) is 11.5 Å². The summed E-state index contributed by atoms with van der Waals surface area (Å²) in [6.07, 6.45) is 0. The van der Waals surface area contributed by atoms with Crippen LogP contribution in [0, 0.1) is 0 Å². The molecule has 3 aromatic rings. The van der Waals surface area contributed by atoms with E-state index in [4.69, 9.17) is 9.47 Å². The molecular formula is C22H23NO3S. The van der Waals surface area contributed by atoms with Gasteiger partial charge in [-0.15, -0.1) is 11.3 Å². The zero-order valence-electron chi connectivity index (χ0n) is 15.7. The molecule has 3 rings (SSSR count). The van der Waals surface area contributed by atoms with E-state index in [9.17, 15) is 4.79 Å². The molecule has 27 heavy (non-hydrogen) atoms. The average molecular weight is 381 g/mol. The van der Waals surface area contributed by atoms with Crippen molar-refractivity contribution < 1.29 is 14.3 Å². The molecule has 0 N–H and O–H groups in total. The fourth-order valence-corrected chi connectivity index (χ4v) is 3.58. The van der Waals surface area contributed by atoms with Gasteiger partial charge in [-0.1, -0.05) is 36.4 Å². The Morgan fingerprint density at radius 2 is 1.85 bits per heavy atom. The zero-order chi connectivity index (χ0) is 19.2. The smallest absolute Gasteiger partial charge is 0.254 e. The Morgan fingerprint density at radius 3 is 2.52 bits per heavy atom. The van der Waals surface area contributed by atoms with Crippen LogP contribution in [-0.4, -0.2) is 25.0 Å². The molecule has 0 saturated heterocycles. The van der Waals surface area contributed by atoms with E-state index in [0.29, 0.717) is 23.7 Å². The van der Waals surface area contributed by atoms with E-state index in [2.05, 4.69) is 0 Å². The highest BCUT2D eigenvalue weighted by atomic mass is 32.1. The Kier molecular flexibility index (Phi) is 6.14. The maximum atomic E-state index is 12.9. The van der Waals surface area contributed by atoms with Gasteiger partial charge in [-0.3, -0.25) is 4.79 Å². The van der Waals surface area contributed by atoms with Gasteiger partial charge in [0.05, 0.1) is 13.2 Å². The molecule has 1 amide bonds. The Bertz CT molecular complexity index is 878. The summed E-state index contributed by atoms with van der Waals surface area (Å²) < 4.78 is 11.3. The SMILES string of the molecule is COc1cc(C(=O)N(C)C(C)c2cccs2)ccc1OCc1ccccc1. The molecular weight excluding hydrogens is 358 g/mol. The fraction of sp³-hybridized carbons (Fsp3) is 0.227. The number of methoxy groups -OCH3 is 1. The number of carbonyl (C=O) groups excluding carboxylic acids is 1. The van der Waals surface area contributed by atoms with Crippen LogP contribution in [0.25, 0.3) is 0 Å². The summed E-state index contributed by atoms with van der Waals surface area (Å²) >= 11 is 1.65. The summed E-state index contributed by atoms with van der Waals surface area (Å²) in [7, 11) is 3.40. The summed E-state index contributed by atoms with van der Waals surface area (Å²) in [6, 6.07) is 19.3. The molecule has 0 radical (unpaired) electrons. The number of rotatable bonds is 7. The third-order valence-corrected chi connectivity index (χ3v) is 5.55. The maximum absolute atomic E-state index is 12.9. The van der Waals surface area contributed by atoms with Gasteiger partial charge in [0.1, 0.15) is 6.61 Å². The standard InChI is InChI=1S/C22H23NO3S/c1-16(21-10-7-13-27-21)23(2)22(24)18-11-12-19(20(14-18)25-3)26-15-17-8-5-4-6-9-17/h4-14,16H,15H2,1-3H3. The highest BCUT2D eigenvalue weighted by Crippen LogP contribution is 2.31. The summed E-state index contributed by atoms with van der Waals surface area (Å²) in [5.41, 5.74) is 1.65. The molecule has 0 fully saturated rings. The van der Waals surface area contributed by atoms with E-state index in [1.807, 2.05) is 61.8 Å². The Labute approximate surface area is 164 Å². The van der Waals surface area contributed by atoms with Crippen LogP contribution < -0.4 is 9.47 Å². The third-order valence-electron chi connectivity index (χ3n) is 4.50. The molecule has 1 heterocycles. The molecule has 0 spiro atoms. The van der Waals surface area contributed by atoms with Gasteiger partial charge in [0.25, 0.3) is 5.91 Å². The van der Waals surface area contributed by atoms with Crippen LogP contribution in [0.1, 0.15) is 33.8 Å². The van der Waals surface area contributed by atoms with Gasteiger partial charge >= 0.3 is 0 Å². The van der Waals surface area contributed by atoms with Crippen molar-refractivity contribution in [1.29, 1.82) is 0 Å². The zero-order valence-corrected chi connectivity index (χ0v) is 16.5. The molecule has 1 atom stereocenters. The van der Waals surface area contributed by atoms with E-state index >= 15 is 0 Å². The summed E-state index contributed by atoms with van der Waals surface area (Å²) in [6.45, 7) is 2.47. The predicted octanol–water partition coefficient (Wildman–Crippen LogP) is 5.17. The predicted molar refractivity (Wildman–Crippen MR) is 109 cm³/mol. The molecule has 2 aromatic carbocycles. The Balaban J connectivity index is 1.73. The average Bonchev–Trinajstić information content (AvgIpc) is 3.26. The summed E-state index contributed by atoms with van der Waals surface area (Å²) in [5.74, 6) is 1.12.